The summed E-state index contributed by atoms with van der Waals surface area (Å²) in [6, 6.07) is 3.08. The summed E-state index contributed by atoms with van der Waals surface area (Å²) >= 11 is 0. The maximum absolute atomic E-state index is 12.9. The van der Waals surface area contributed by atoms with Crippen molar-refractivity contribution in [3.8, 4) is 11.3 Å². The van der Waals surface area contributed by atoms with Crippen LogP contribution in [0.3, 0.4) is 0 Å². The minimum Gasteiger partial charge on any atom is -0.480 e. The van der Waals surface area contributed by atoms with Crippen molar-refractivity contribution < 1.29 is 33.7 Å². The van der Waals surface area contributed by atoms with Crippen molar-refractivity contribution in [2.75, 3.05) is 24.4 Å². The average Bonchev–Trinajstić information content (AvgIpc) is 3.28. The number of hydrogen-bond donors (Lipinski definition) is 4. The lowest BCUT2D eigenvalue weighted by Crippen LogP contribution is -2.36. The lowest BCUT2D eigenvalue weighted by molar-refractivity contribution is -0.138. The van der Waals surface area contributed by atoms with E-state index in [0.29, 0.717) is 60.7 Å². The molecule has 12 nitrogen and oxygen atoms in total. The zero-order chi connectivity index (χ0) is 31.9. The van der Waals surface area contributed by atoms with E-state index in [9.17, 15) is 19.5 Å². The molecule has 43 heavy (non-hydrogen) atoms. The number of nitrogens with zero attached hydrogens (tertiary/aromatic N) is 2. The van der Waals surface area contributed by atoms with E-state index in [2.05, 4.69) is 35.6 Å². The number of ether oxygens (including phenoxy) is 3. The largest absolute Gasteiger partial charge is 0.480 e. The summed E-state index contributed by atoms with van der Waals surface area (Å²) in [5.74, 6) is -0.372. The summed E-state index contributed by atoms with van der Waals surface area (Å²) in [5.41, 5.74) is 2.29. The molecule has 0 radical (unpaired) electrons. The number of alkyl carbamates (subject to hydrolysis) is 1. The first-order valence-electron chi connectivity index (χ1n) is 14.7. The van der Waals surface area contributed by atoms with Crippen LogP contribution < -0.4 is 16.0 Å². The molecule has 2 bridgehead atoms. The molecule has 0 spiro atoms. The number of carboxylic acids is 1. The van der Waals surface area contributed by atoms with E-state index in [1.807, 2.05) is 17.7 Å². The third-order valence-electron chi connectivity index (χ3n) is 6.92. The Balaban J connectivity index is 2.13. The Morgan fingerprint density at radius 1 is 1.14 bits per heavy atom. The summed E-state index contributed by atoms with van der Waals surface area (Å²) in [6.45, 7) is 15.0. The molecule has 2 heterocycles. The van der Waals surface area contributed by atoms with Crippen LogP contribution in [0.15, 0.2) is 18.3 Å². The molecule has 1 aromatic carbocycles. The summed E-state index contributed by atoms with van der Waals surface area (Å²) in [5, 5.41) is 18.9. The fourth-order valence-electron chi connectivity index (χ4n) is 4.81. The third kappa shape index (κ3) is 10.3. The van der Waals surface area contributed by atoms with Gasteiger partial charge in [0.05, 0.1) is 18.8 Å². The number of aliphatic carboxylic acids is 1. The first kappa shape index (κ1) is 33.9. The van der Waals surface area contributed by atoms with Gasteiger partial charge in [-0.25, -0.2) is 19.4 Å². The maximum Gasteiger partial charge on any atom is 0.411 e. The molecule has 0 fully saturated rings. The molecule has 0 unspecified atom stereocenters. The topological polar surface area (TPSA) is 153 Å². The van der Waals surface area contributed by atoms with Crippen molar-refractivity contribution in [1.82, 2.24) is 14.9 Å². The second-order valence-corrected chi connectivity index (χ2v) is 18.8. The zero-order valence-electron chi connectivity index (χ0n) is 26.6. The highest BCUT2D eigenvalue weighted by molar-refractivity contribution is 6.76. The van der Waals surface area contributed by atoms with E-state index in [-0.39, 0.29) is 6.73 Å². The van der Waals surface area contributed by atoms with Gasteiger partial charge < -0.3 is 34.5 Å². The van der Waals surface area contributed by atoms with Crippen molar-refractivity contribution >= 4 is 37.6 Å². The van der Waals surface area contributed by atoms with Crippen LogP contribution in [0, 0.1) is 6.92 Å². The number of fused-ring (bicyclic) bond motifs is 4. The van der Waals surface area contributed by atoms with Gasteiger partial charge in [0.15, 0.2) is 0 Å². The number of imidazole rings is 1. The summed E-state index contributed by atoms with van der Waals surface area (Å²) < 4.78 is 18.3. The Morgan fingerprint density at radius 2 is 1.84 bits per heavy atom. The van der Waals surface area contributed by atoms with Crippen molar-refractivity contribution in [3.05, 3.63) is 29.7 Å². The molecule has 1 aromatic heterocycles. The summed E-state index contributed by atoms with van der Waals surface area (Å²) in [6.07, 6.45) is 2.79. The van der Waals surface area contributed by atoms with Crippen LogP contribution >= 0.6 is 0 Å². The molecule has 1 aliphatic rings. The van der Waals surface area contributed by atoms with Gasteiger partial charge in [0, 0.05) is 37.8 Å². The molecule has 238 valence electrons. The summed E-state index contributed by atoms with van der Waals surface area (Å²) in [4.78, 5) is 42.1. The predicted molar refractivity (Wildman–Crippen MR) is 168 cm³/mol. The predicted octanol–water partition coefficient (Wildman–Crippen LogP) is 6.35. The van der Waals surface area contributed by atoms with Crippen molar-refractivity contribution in [3.63, 3.8) is 0 Å². The molecule has 0 aliphatic carbocycles. The number of aromatic nitrogens is 2. The number of benzene rings is 1. The maximum atomic E-state index is 12.9. The van der Waals surface area contributed by atoms with E-state index in [1.165, 1.54) is 7.11 Å². The second kappa shape index (κ2) is 14.3. The minimum absolute atomic E-state index is 0.237. The molecule has 4 N–H and O–H groups in total. The first-order valence-corrected chi connectivity index (χ1v) is 18.4. The first-order chi connectivity index (χ1) is 20.1. The lowest BCUT2D eigenvalue weighted by Gasteiger charge is -2.25. The molecule has 2 atom stereocenters. The number of methoxy groups -OCH3 is 1. The van der Waals surface area contributed by atoms with Crippen LogP contribution in [0.1, 0.15) is 63.9 Å². The monoisotopic (exact) mass is 617 g/mol. The highest BCUT2D eigenvalue weighted by Crippen LogP contribution is 2.37. The Kier molecular flexibility index (Phi) is 11.2. The smallest absolute Gasteiger partial charge is 0.411 e. The molecule has 0 saturated carbocycles. The van der Waals surface area contributed by atoms with E-state index < -0.39 is 43.9 Å². The molecule has 13 heteroatoms. The number of amides is 2. The SMILES string of the molecule is COC(=O)Nc1cc(C)c2c(c1)N[C@@H](C(=O)O)CCCC[C@H](NC(=O)OC(C)(C)C)c1nc-2cn1COCC[Si](C)(C)C. The van der Waals surface area contributed by atoms with Crippen LogP contribution in [-0.2, 0) is 25.7 Å². The second-order valence-electron chi connectivity index (χ2n) is 13.2. The number of anilines is 2. The Labute approximate surface area is 254 Å². The lowest BCUT2D eigenvalue weighted by atomic mass is 9.99. The number of aryl methyl sites for hydroxylation is 1. The van der Waals surface area contributed by atoms with Gasteiger partial charge in [0.1, 0.15) is 24.2 Å². The fourth-order valence-corrected chi connectivity index (χ4v) is 5.57. The van der Waals surface area contributed by atoms with Crippen LogP contribution in [0.5, 0.6) is 0 Å². The van der Waals surface area contributed by atoms with Gasteiger partial charge in [-0.05, 0) is 64.3 Å². The summed E-state index contributed by atoms with van der Waals surface area (Å²) in [7, 11) is -0.0338. The van der Waals surface area contributed by atoms with Gasteiger partial charge in [0.25, 0.3) is 0 Å². The molecular weight excluding hydrogens is 570 g/mol. The quantitative estimate of drug-likeness (QED) is 0.196. The van der Waals surface area contributed by atoms with Crippen molar-refractivity contribution in [1.29, 1.82) is 0 Å². The van der Waals surface area contributed by atoms with Crippen LogP contribution in [0.2, 0.25) is 25.7 Å². The van der Waals surface area contributed by atoms with E-state index in [0.717, 1.165) is 11.6 Å². The van der Waals surface area contributed by atoms with Crippen LogP contribution in [0.25, 0.3) is 11.3 Å². The van der Waals surface area contributed by atoms with Crippen LogP contribution in [0.4, 0.5) is 21.0 Å². The Morgan fingerprint density at radius 3 is 2.47 bits per heavy atom. The van der Waals surface area contributed by atoms with Crippen LogP contribution in [-0.4, -0.2) is 66.2 Å². The molecule has 0 saturated heterocycles. The number of rotatable bonds is 8. The molecule has 3 rings (SSSR count). The Bertz CT molecular complexity index is 1300. The third-order valence-corrected chi connectivity index (χ3v) is 8.63. The number of nitrogens with one attached hydrogen (secondary N) is 3. The van der Waals surface area contributed by atoms with Gasteiger partial charge in [-0.2, -0.15) is 0 Å². The Hall–Kier alpha value is -3.58. The molecule has 2 aromatic rings. The minimum atomic E-state index is -1.31. The van der Waals surface area contributed by atoms with Gasteiger partial charge in [0.2, 0.25) is 0 Å². The fraction of sp³-hybridized carbons (Fsp3) is 0.600. The number of carboxylic acid groups (broad SMARTS) is 1. The zero-order valence-corrected chi connectivity index (χ0v) is 27.6. The molecule has 2 amide bonds. The van der Waals surface area contributed by atoms with Crippen molar-refractivity contribution in [2.45, 2.75) is 103 Å². The molecule has 1 aliphatic heterocycles. The van der Waals surface area contributed by atoms with Crippen molar-refractivity contribution in [2.24, 2.45) is 0 Å². The average molecular weight is 618 g/mol. The van der Waals surface area contributed by atoms with E-state index in [4.69, 9.17) is 19.2 Å². The van der Waals surface area contributed by atoms with Gasteiger partial charge in [-0.3, -0.25) is 5.32 Å². The highest BCUT2D eigenvalue weighted by Gasteiger charge is 2.28. The number of hydrogen-bond acceptors (Lipinski definition) is 8. The van der Waals surface area contributed by atoms with Gasteiger partial charge >= 0.3 is 18.2 Å². The number of carbonyl (C=O) groups is 3. The number of carbonyl (C=O) groups excluding carboxylic acids is 2. The standard InChI is InChI=1S/C30H47N5O7Si/c1-19-15-20(31-28(38)40-5)16-23-25(19)24-17-35(18-41-13-14-43(6,7)8)26(33-24)21(34-29(39)42-30(2,3)4)11-9-10-12-22(32-23)27(36)37/h15-17,21-22,32H,9-14,18H2,1-8H3,(H,31,38)(H,34,39)(H,36,37)/t21-,22+/m0/s1. The molecular formula is C30H47N5O7Si. The van der Waals surface area contributed by atoms with E-state index in [1.54, 1.807) is 32.9 Å². The van der Waals surface area contributed by atoms with Gasteiger partial charge in [-0.1, -0.05) is 32.5 Å². The van der Waals surface area contributed by atoms with E-state index >= 15 is 0 Å². The van der Waals surface area contributed by atoms with Gasteiger partial charge in [-0.15, -0.1) is 0 Å². The highest BCUT2D eigenvalue weighted by atomic mass is 28.3. The normalized spacial score (nSPS) is 17.4.